The maximum absolute atomic E-state index is 13.7. The van der Waals surface area contributed by atoms with Gasteiger partial charge in [0, 0.05) is 27.4 Å². The molecular weight excluding hydrogens is 894 g/mol. The van der Waals surface area contributed by atoms with Crippen molar-refractivity contribution in [1.29, 1.82) is 0 Å². The second-order valence-corrected chi connectivity index (χ2v) is 14.0. The Bertz CT molecular complexity index is 1940. The van der Waals surface area contributed by atoms with E-state index in [0.717, 1.165) is 11.4 Å². The molecule has 2 unspecified atom stereocenters. The van der Waals surface area contributed by atoms with Crippen LogP contribution in [0.1, 0.15) is 46.2 Å². The maximum Gasteiger partial charge on any atom is 0.353 e. The number of carbonyl (C=O) groups is 4. The van der Waals surface area contributed by atoms with Gasteiger partial charge in [-0.3, -0.25) is 14.1 Å². The summed E-state index contributed by atoms with van der Waals surface area (Å²) in [6.45, 7) is 3.72. The number of ether oxygens (including phenoxy) is 2. The monoisotopic (exact) mass is 932 g/mol. The van der Waals surface area contributed by atoms with E-state index in [4.69, 9.17) is 24.2 Å². The Balaban J connectivity index is 0.000000426. The molecule has 0 aliphatic carbocycles. The molecule has 14 nitrogen and oxygen atoms in total. The molecule has 0 aliphatic rings. The third-order valence-corrected chi connectivity index (χ3v) is 8.12. The standard InChI is InChI=1S/C18H17BrFNO4.C9H10BrFO.C9H9NO4.CH4O3S/c1-11(10-19)25-15-8-7-13(20)9-14(15)16(18(23)24)21-17(22)12-5-3-2-4-6-12;1-7(6-10)12-9-4-2-8(11)3-5-9;11-7(10-8(12)9(13)14)6-4-2-1-3-5-6;1-5(2,3)4/h2-9,11,16H,10H2,1H3,(H,21,22)(H,23,24);2-5,7H,6H2,1H3;1-5,8,12H,(H,10,11)(H,13,14);1H3,(H,2,3,4)/t11-,16?;7-;;/m11../s1. The Morgan fingerprint density at radius 2 is 1.12 bits per heavy atom. The van der Waals surface area contributed by atoms with Crippen LogP contribution in [0.15, 0.2) is 103 Å². The Morgan fingerprint density at radius 3 is 1.55 bits per heavy atom. The first-order valence-electron chi connectivity index (χ1n) is 16.0. The summed E-state index contributed by atoms with van der Waals surface area (Å²) >= 11 is 6.55. The van der Waals surface area contributed by atoms with Crippen molar-refractivity contribution in [3.63, 3.8) is 0 Å². The summed E-state index contributed by atoms with van der Waals surface area (Å²) < 4.78 is 63.0. The van der Waals surface area contributed by atoms with E-state index in [0.29, 0.717) is 28.5 Å². The van der Waals surface area contributed by atoms with E-state index in [1.165, 1.54) is 36.4 Å². The van der Waals surface area contributed by atoms with E-state index < -0.39 is 52.0 Å². The molecule has 56 heavy (non-hydrogen) atoms. The lowest BCUT2D eigenvalue weighted by molar-refractivity contribution is -0.147. The first-order valence-corrected chi connectivity index (χ1v) is 20.1. The smallest absolute Gasteiger partial charge is 0.353 e. The summed E-state index contributed by atoms with van der Waals surface area (Å²) in [6.07, 6.45) is -1.31. The van der Waals surface area contributed by atoms with Crippen molar-refractivity contribution in [3.8, 4) is 11.5 Å². The highest BCUT2D eigenvalue weighted by molar-refractivity contribution is 9.09. The highest BCUT2D eigenvalue weighted by Crippen LogP contribution is 2.28. The molecule has 0 saturated carbocycles. The highest BCUT2D eigenvalue weighted by atomic mass is 79.9. The number of alkyl halides is 2. The molecule has 0 fully saturated rings. The third-order valence-electron chi connectivity index (χ3n) is 6.29. The van der Waals surface area contributed by atoms with Crippen molar-refractivity contribution < 1.29 is 65.7 Å². The molecule has 4 rings (SSSR count). The average Bonchev–Trinajstić information content (AvgIpc) is 3.15. The number of hydrogen-bond acceptors (Lipinski definition) is 9. The van der Waals surface area contributed by atoms with E-state index in [9.17, 15) is 41.5 Å². The minimum Gasteiger partial charge on any atom is -0.490 e. The van der Waals surface area contributed by atoms with Gasteiger partial charge in [0.1, 0.15) is 35.3 Å². The number of aliphatic hydroxyl groups excluding tert-OH is 1. The topological polar surface area (TPSA) is 226 Å². The molecule has 0 aromatic heterocycles. The summed E-state index contributed by atoms with van der Waals surface area (Å²) in [4.78, 5) is 45.4. The quantitative estimate of drug-likeness (QED) is 0.0527. The van der Waals surface area contributed by atoms with Gasteiger partial charge in [-0.25, -0.2) is 18.4 Å². The molecule has 0 saturated heterocycles. The summed E-state index contributed by atoms with van der Waals surface area (Å²) in [5, 5.41) is 32.3. The van der Waals surface area contributed by atoms with Crippen LogP contribution in [-0.2, 0) is 19.7 Å². The van der Waals surface area contributed by atoms with Crippen molar-refractivity contribution in [2.24, 2.45) is 0 Å². The number of amides is 2. The molecule has 4 atom stereocenters. The van der Waals surface area contributed by atoms with Crippen LogP contribution in [0, 0.1) is 11.6 Å². The molecule has 0 bridgehead atoms. The van der Waals surface area contributed by atoms with Crippen molar-refractivity contribution in [3.05, 3.63) is 131 Å². The average molecular weight is 935 g/mol. The number of benzene rings is 4. The number of carboxylic acids is 2. The maximum atomic E-state index is 13.7. The minimum absolute atomic E-state index is 0.0459. The molecule has 6 N–H and O–H groups in total. The first-order chi connectivity index (χ1) is 26.2. The SMILES string of the molecule is CS(=O)(=O)O.C[C@H](CBr)Oc1ccc(F)cc1.C[C@H](CBr)Oc1ccc(F)cc1C(NC(=O)c1ccccc1)C(=O)O.O=C(NC(O)C(=O)O)c1ccccc1. The molecule has 0 spiro atoms. The summed E-state index contributed by atoms with van der Waals surface area (Å²) in [6, 6.07) is 24.4. The Hall–Kier alpha value is -4.95. The Labute approximate surface area is 338 Å². The van der Waals surface area contributed by atoms with Gasteiger partial charge in [-0.15, -0.1) is 0 Å². The van der Waals surface area contributed by atoms with Gasteiger partial charge in [-0.1, -0.05) is 68.3 Å². The van der Waals surface area contributed by atoms with Crippen LogP contribution in [0.25, 0.3) is 0 Å². The van der Waals surface area contributed by atoms with E-state index in [-0.39, 0.29) is 29.3 Å². The summed E-state index contributed by atoms with van der Waals surface area (Å²) in [7, 11) is -3.67. The number of aliphatic carboxylic acids is 2. The van der Waals surface area contributed by atoms with Gasteiger partial charge in [0.05, 0.1) is 6.26 Å². The highest BCUT2D eigenvalue weighted by Gasteiger charge is 2.27. The number of carbonyl (C=O) groups excluding carboxylic acids is 2. The van der Waals surface area contributed by atoms with Gasteiger partial charge in [-0.2, -0.15) is 8.42 Å². The van der Waals surface area contributed by atoms with Crippen LogP contribution in [0.5, 0.6) is 11.5 Å². The van der Waals surface area contributed by atoms with Crippen molar-refractivity contribution in [1.82, 2.24) is 10.6 Å². The number of rotatable bonds is 13. The van der Waals surface area contributed by atoms with Crippen LogP contribution < -0.4 is 20.1 Å². The summed E-state index contributed by atoms with van der Waals surface area (Å²) in [5.74, 6) is -3.96. The molecule has 0 radical (unpaired) electrons. The van der Waals surface area contributed by atoms with Gasteiger partial charge < -0.3 is 35.4 Å². The van der Waals surface area contributed by atoms with E-state index in [2.05, 4.69) is 37.2 Å². The predicted molar refractivity (Wildman–Crippen MR) is 210 cm³/mol. The lowest BCUT2D eigenvalue weighted by Gasteiger charge is -2.21. The lowest BCUT2D eigenvalue weighted by Crippen LogP contribution is -2.40. The van der Waals surface area contributed by atoms with Gasteiger partial charge in [0.2, 0.25) is 6.23 Å². The normalized spacial score (nSPS) is 12.4. The lowest BCUT2D eigenvalue weighted by atomic mass is 10.0. The van der Waals surface area contributed by atoms with Gasteiger partial charge >= 0.3 is 11.9 Å². The van der Waals surface area contributed by atoms with Gasteiger partial charge in [-0.05, 0) is 80.6 Å². The molecule has 2 amide bonds. The van der Waals surface area contributed by atoms with Crippen molar-refractivity contribution in [2.75, 3.05) is 16.9 Å². The zero-order valence-electron chi connectivity index (χ0n) is 30.0. The fourth-order valence-electron chi connectivity index (χ4n) is 3.81. The van der Waals surface area contributed by atoms with Crippen LogP contribution in [0.4, 0.5) is 8.78 Å². The zero-order chi connectivity index (χ0) is 42.4. The second kappa shape index (κ2) is 25.3. The van der Waals surface area contributed by atoms with Crippen LogP contribution in [-0.4, -0.2) is 87.4 Å². The third kappa shape index (κ3) is 20.7. The minimum atomic E-state index is -3.67. The fraction of sp³-hybridized carbons (Fsp3) is 0.243. The Kier molecular flexibility index (Phi) is 22.1. The number of nitrogens with one attached hydrogen (secondary N) is 2. The first kappa shape index (κ1) is 49.1. The molecule has 304 valence electrons. The second-order valence-electron chi connectivity index (χ2n) is 11.2. The van der Waals surface area contributed by atoms with Gasteiger partial charge in [0.25, 0.3) is 21.9 Å². The Morgan fingerprint density at radius 1 is 0.696 bits per heavy atom. The summed E-state index contributed by atoms with van der Waals surface area (Å²) in [5.41, 5.74) is 0.652. The molecule has 4 aromatic rings. The largest absolute Gasteiger partial charge is 0.490 e. The van der Waals surface area contributed by atoms with Crippen LogP contribution in [0.2, 0.25) is 0 Å². The van der Waals surface area contributed by atoms with Crippen LogP contribution >= 0.6 is 31.9 Å². The molecular formula is C37H40Br2F2N2O12S. The number of aliphatic hydroxyl groups is 1. The molecule has 0 heterocycles. The molecule has 19 heteroatoms. The fourth-order valence-corrected chi connectivity index (χ4v) is 4.08. The number of carboxylic acid groups (broad SMARTS) is 2. The van der Waals surface area contributed by atoms with E-state index >= 15 is 0 Å². The number of halogens is 4. The molecule has 4 aromatic carbocycles. The number of hydrogen-bond donors (Lipinski definition) is 6. The van der Waals surface area contributed by atoms with Crippen molar-refractivity contribution >= 4 is 65.7 Å². The zero-order valence-corrected chi connectivity index (χ0v) is 34.0. The van der Waals surface area contributed by atoms with Crippen molar-refractivity contribution in [2.45, 2.75) is 38.3 Å². The van der Waals surface area contributed by atoms with Crippen LogP contribution in [0.3, 0.4) is 0 Å². The van der Waals surface area contributed by atoms with E-state index in [1.807, 2.05) is 12.2 Å². The predicted octanol–water partition coefficient (Wildman–Crippen LogP) is 5.85. The van der Waals surface area contributed by atoms with Gasteiger partial charge in [0.15, 0.2) is 6.04 Å². The molecule has 0 aliphatic heterocycles. The van der Waals surface area contributed by atoms with E-state index in [1.54, 1.807) is 67.6 Å².